The summed E-state index contributed by atoms with van der Waals surface area (Å²) in [5.41, 5.74) is 3.83. The van der Waals surface area contributed by atoms with Crippen molar-refractivity contribution in [1.29, 1.82) is 0 Å². The molecule has 0 saturated heterocycles. The molecule has 1 unspecified atom stereocenters. The number of unbranched alkanes of at least 4 members (excludes halogenated alkanes) is 1. The average molecular weight is 446 g/mol. The van der Waals surface area contributed by atoms with E-state index >= 15 is 0 Å². The first kappa shape index (κ1) is 20.3. The molecule has 0 aliphatic heterocycles. The van der Waals surface area contributed by atoms with Gasteiger partial charge in [0, 0.05) is 23.1 Å². The molecule has 5 aromatic rings. The summed E-state index contributed by atoms with van der Waals surface area (Å²) in [5.74, 6) is -0.103. The second kappa shape index (κ2) is 8.88. The Bertz CT molecular complexity index is 1370. The fourth-order valence-corrected chi connectivity index (χ4v) is 4.71. The molecule has 1 atom stereocenters. The average Bonchev–Trinajstić information content (AvgIpc) is 3.57. The van der Waals surface area contributed by atoms with Crippen LogP contribution in [0.5, 0.6) is 0 Å². The van der Waals surface area contributed by atoms with Crippen molar-refractivity contribution < 1.29 is 4.79 Å². The molecule has 0 aliphatic carbocycles. The molecule has 1 aromatic carbocycles. The molecule has 4 aromatic heterocycles. The van der Waals surface area contributed by atoms with Gasteiger partial charge in [0.15, 0.2) is 0 Å². The number of carbonyl (C=O) groups excluding carboxylic acids is 1. The maximum Gasteiger partial charge on any atom is 0.263 e. The molecular formula is C23H23N7OS. The SMILES string of the molecule is CCCCC(Cc1c[nH]c2ccccc12)NC(=O)c1cnc(-c2cncc3cnnn23)s1. The van der Waals surface area contributed by atoms with Crippen LogP contribution >= 0.6 is 11.3 Å². The molecule has 4 heterocycles. The van der Waals surface area contributed by atoms with Gasteiger partial charge in [-0.15, -0.1) is 16.4 Å². The number of aromatic amines is 1. The highest BCUT2D eigenvalue weighted by atomic mass is 32.1. The maximum atomic E-state index is 13.1. The van der Waals surface area contributed by atoms with E-state index in [1.165, 1.54) is 22.3 Å². The van der Waals surface area contributed by atoms with Gasteiger partial charge in [0.05, 0.1) is 24.8 Å². The Labute approximate surface area is 188 Å². The van der Waals surface area contributed by atoms with Gasteiger partial charge in [-0.3, -0.25) is 9.78 Å². The van der Waals surface area contributed by atoms with Crippen LogP contribution in [0.2, 0.25) is 0 Å². The fraction of sp³-hybridized carbons (Fsp3) is 0.261. The van der Waals surface area contributed by atoms with Crippen LogP contribution in [0, 0.1) is 0 Å². The molecular weight excluding hydrogens is 422 g/mol. The van der Waals surface area contributed by atoms with Crippen molar-refractivity contribution in [3.8, 4) is 10.7 Å². The quantitative estimate of drug-likeness (QED) is 0.372. The number of nitrogens with one attached hydrogen (secondary N) is 2. The van der Waals surface area contributed by atoms with Crippen LogP contribution in [0.25, 0.3) is 27.1 Å². The van der Waals surface area contributed by atoms with Gasteiger partial charge >= 0.3 is 0 Å². The molecule has 9 heteroatoms. The molecule has 8 nitrogen and oxygen atoms in total. The Kier molecular flexibility index (Phi) is 5.64. The zero-order valence-corrected chi connectivity index (χ0v) is 18.5. The topological polar surface area (TPSA) is 101 Å². The Hall–Kier alpha value is -3.59. The van der Waals surface area contributed by atoms with E-state index in [0.29, 0.717) is 15.6 Å². The van der Waals surface area contributed by atoms with Crippen molar-refractivity contribution in [2.24, 2.45) is 0 Å². The smallest absolute Gasteiger partial charge is 0.263 e. The lowest BCUT2D eigenvalue weighted by Gasteiger charge is -2.18. The van der Waals surface area contributed by atoms with Crippen LogP contribution in [-0.2, 0) is 6.42 Å². The molecule has 5 rings (SSSR count). The number of nitrogens with zero attached hydrogens (tertiary/aromatic N) is 5. The van der Waals surface area contributed by atoms with Crippen molar-refractivity contribution in [3.05, 3.63) is 65.7 Å². The number of H-pyrrole nitrogens is 1. The van der Waals surface area contributed by atoms with E-state index in [1.54, 1.807) is 29.3 Å². The van der Waals surface area contributed by atoms with E-state index < -0.39 is 0 Å². The minimum absolute atomic E-state index is 0.0487. The number of carbonyl (C=O) groups is 1. The summed E-state index contributed by atoms with van der Waals surface area (Å²) >= 11 is 1.33. The van der Waals surface area contributed by atoms with Crippen molar-refractivity contribution in [1.82, 2.24) is 35.1 Å². The lowest BCUT2D eigenvalue weighted by atomic mass is 10.0. The van der Waals surface area contributed by atoms with Gasteiger partial charge in [-0.05, 0) is 24.5 Å². The van der Waals surface area contributed by atoms with Gasteiger partial charge in [0.1, 0.15) is 21.1 Å². The minimum Gasteiger partial charge on any atom is -0.361 e. The first-order chi connectivity index (χ1) is 15.7. The maximum absolute atomic E-state index is 13.1. The molecule has 2 N–H and O–H groups in total. The Balaban J connectivity index is 1.35. The second-order valence-corrected chi connectivity index (χ2v) is 8.80. The molecule has 0 aliphatic rings. The predicted octanol–water partition coefficient (Wildman–Crippen LogP) is 4.26. The van der Waals surface area contributed by atoms with E-state index in [1.807, 2.05) is 18.3 Å². The number of thiazole rings is 1. The van der Waals surface area contributed by atoms with Crippen molar-refractivity contribution in [3.63, 3.8) is 0 Å². The zero-order chi connectivity index (χ0) is 21.9. The third kappa shape index (κ3) is 3.99. The summed E-state index contributed by atoms with van der Waals surface area (Å²) in [7, 11) is 0. The van der Waals surface area contributed by atoms with Gasteiger partial charge < -0.3 is 10.3 Å². The number of hydrogen-bond donors (Lipinski definition) is 2. The van der Waals surface area contributed by atoms with Crippen molar-refractivity contribution in [2.75, 3.05) is 0 Å². The van der Waals surface area contributed by atoms with Crippen LogP contribution in [0.1, 0.15) is 41.4 Å². The van der Waals surface area contributed by atoms with Crippen LogP contribution in [-0.4, -0.2) is 41.7 Å². The first-order valence-electron chi connectivity index (χ1n) is 10.7. The molecule has 32 heavy (non-hydrogen) atoms. The van der Waals surface area contributed by atoms with Crippen LogP contribution in [0.3, 0.4) is 0 Å². The largest absolute Gasteiger partial charge is 0.361 e. The molecule has 0 spiro atoms. The summed E-state index contributed by atoms with van der Waals surface area (Å²) < 4.78 is 1.68. The predicted molar refractivity (Wildman–Crippen MR) is 125 cm³/mol. The van der Waals surface area contributed by atoms with E-state index in [0.717, 1.165) is 36.7 Å². The van der Waals surface area contributed by atoms with Gasteiger partial charge in [-0.25, -0.2) is 9.50 Å². The van der Waals surface area contributed by atoms with Crippen LogP contribution in [0.15, 0.2) is 55.2 Å². The number of amides is 1. The molecule has 0 fully saturated rings. The lowest BCUT2D eigenvalue weighted by Crippen LogP contribution is -2.36. The molecule has 0 saturated carbocycles. The summed E-state index contributed by atoms with van der Waals surface area (Å²) in [6.07, 6.45) is 12.5. The number of fused-ring (bicyclic) bond motifs is 2. The summed E-state index contributed by atoms with van der Waals surface area (Å²) in [6, 6.07) is 8.31. The van der Waals surface area contributed by atoms with E-state index in [-0.39, 0.29) is 11.9 Å². The van der Waals surface area contributed by atoms with Crippen molar-refractivity contribution in [2.45, 2.75) is 38.6 Å². The number of aromatic nitrogens is 6. The number of benzene rings is 1. The molecule has 0 bridgehead atoms. The van der Waals surface area contributed by atoms with E-state index in [9.17, 15) is 4.79 Å². The Morgan fingerprint density at radius 2 is 2.12 bits per heavy atom. The lowest BCUT2D eigenvalue weighted by molar-refractivity contribution is 0.0938. The second-order valence-electron chi connectivity index (χ2n) is 7.77. The Morgan fingerprint density at radius 1 is 1.22 bits per heavy atom. The van der Waals surface area contributed by atoms with Gasteiger partial charge in [0.25, 0.3) is 5.91 Å². The van der Waals surface area contributed by atoms with Gasteiger partial charge in [-0.1, -0.05) is 43.2 Å². The highest BCUT2D eigenvalue weighted by Gasteiger charge is 2.19. The first-order valence-corrected chi connectivity index (χ1v) is 11.5. The van der Waals surface area contributed by atoms with E-state index in [4.69, 9.17) is 0 Å². The van der Waals surface area contributed by atoms with Crippen molar-refractivity contribution >= 4 is 33.7 Å². The number of para-hydroxylation sites is 1. The highest BCUT2D eigenvalue weighted by molar-refractivity contribution is 7.16. The number of hydrogen-bond acceptors (Lipinski definition) is 6. The normalized spacial score (nSPS) is 12.4. The number of rotatable bonds is 8. The third-order valence-electron chi connectivity index (χ3n) is 5.54. The third-order valence-corrected chi connectivity index (χ3v) is 6.56. The Morgan fingerprint density at radius 3 is 3.03 bits per heavy atom. The zero-order valence-electron chi connectivity index (χ0n) is 17.7. The van der Waals surface area contributed by atoms with Gasteiger partial charge in [-0.2, -0.15) is 0 Å². The standard InChI is InChI=1S/C23H23N7OS/c1-2-3-6-16(9-15-10-25-19-8-5-4-7-18(15)19)28-22(31)21-14-26-23(32-21)20-13-24-11-17-12-27-29-30(17)20/h4-5,7-8,10-14,16,25H,2-3,6,9H2,1H3,(H,28,31). The van der Waals surface area contributed by atoms with Crippen LogP contribution < -0.4 is 5.32 Å². The molecule has 1 amide bonds. The minimum atomic E-state index is -0.103. The summed E-state index contributed by atoms with van der Waals surface area (Å²) in [5, 5.41) is 13.1. The molecule has 0 radical (unpaired) electrons. The highest BCUT2D eigenvalue weighted by Crippen LogP contribution is 2.25. The fourth-order valence-electron chi connectivity index (χ4n) is 3.90. The summed E-state index contributed by atoms with van der Waals surface area (Å²) in [4.78, 5) is 25.6. The molecule has 162 valence electrons. The summed E-state index contributed by atoms with van der Waals surface area (Å²) in [6.45, 7) is 2.17. The van der Waals surface area contributed by atoms with Gasteiger partial charge in [0.2, 0.25) is 0 Å². The monoisotopic (exact) mass is 445 g/mol. The van der Waals surface area contributed by atoms with Crippen LogP contribution in [0.4, 0.5) is 0 Å². The van der Waals surface area contributed by atoms with E-state index in [2.05, 4.69) is 49.6 Å².